The Balaban J connectivity index is 2.39. The van der Waals surface area contributed by atoms with Crippen LogP contribution < -0.4 is 5.32 Å². The minimum atomic E-state index is 0.174. The molecule has 0 aromatic carbocycles. The summed E-state index contributed by atoms with van der Waals surface area (Å²) < 4.78 is 7.46. The molecule has 2 heterocycles. The summed E-state index contributed by atoms with van der Waals surface area (Å²) in [6.07, 6.45) is 0.801. The van der Waals surface area contributed by atoms with Crippen LogP contribution >= 0.6 is 11.6 Å². The Kier molecular flexibility index (Phi) is 4.25. The third kappa shape index (κ3) is 2.50. The summed E-state index contributed by atoms with van der Waals surface area (Å²) in [4.78, 5) is 0. The van der Waals surface area contributed by atoms with Gasteiger partial charge in [0.05, 0.1) is 5.69 Å². The number of rotatable bonds is 4. The van der Waals surface area contributed by atoms with E-state index in [-0.39, 0.29) is 6.04 Å². The first kappa shape index (κ1) is 15.1. The Morgan fingerprint density at radius 2 is 1.90 bits per heavy atom. The Hall–Kier alpha value is -1.26. The molecule has 0 aliphatic heterocycles. The van der Waals surface area contributed by atoms with Crippen molar-refractivity contribution in [1.82, 2.24) is 15.1 Å². The Bertz CT molecular complexity index is 628. The molecule has 4 nitrogen and oxygen atoms in total. The van der Waals surface area contributed by atoms with Gasteiger partial charge in [-0.1, -0.05) is 11.6 Å². The number of likely N-dealkylation sites (N-methyl/N-ethyl adjacent to an activating group) is 1. The topological polar surface area (TPSA) is 43.0 Å². The smallest absolute Gasteiger partial charge is 0.130 e. The fourth-order valence-electron chi connectivity index (χ4n) is 2.78. The predicted octanol–water partition coefficient (Wildman–Crippen LogP) is 3.40. The van der Waals surface area contributed by atoms with Gasteiger partial charge in [0.15, 0.2) is 0 Å². The second-order valence-electron chi connectivity index (χ2n) is 5.28. The monoisotopic (exact) mass is 295 g/mol. The van der Waals surface area contributed by atoms with Gasteiger partial charge in [-0.2, -0.15) is 5.10 Å². The molecule has 0 fully saturated rings. The van der Waals surface area contributed by atoms with Crippen LogP contribution in [0.2, 0.25) is 5.15 Å². The summed E-state index contributed by atoms with van der Waals surface area (Å²) in [5.41, 5.74) is 4.50. The van der Waals surface area contributed by atoms with Crippen molar-refractivity contribution in [3.63, 3.8) is 0 Å². The summed E-state index contributed by atoms with van der Waals surface area (Å²) >= 11 is 6.34. The van der Waals surface area contributed by atoms with Gasteiger partial charge in [-0.3, -0.25) is 4.68 Å². The summed E-state index contributed by atoms with van der Waals surface area (Å²) in [6.45, 7) is 8.11. The zero-order chi connectivity index (χ0) is 15.0. The van der Waals surface area contributed by atoms with Crippen molar-refractivity contribution in [2.24, 2.45) is 7.05 Å². The summed E-state index contributed by atoms with van der Waals surface area (Å²) in [6, 6.07) is 0.174. The molecule has 1 atom stereocenters. The molecule has 0 bridgehead atoms. The second kappa shape index (κ2) is 5.62. The Labute approximate surface area is 125 Å². The van der Waals surface area contributed by atoms with Gasteiger partial charge in [-0.05, 0) is 46.7 Å². The first-order valence-electron chi connectivity index (χ1n) is 6.78. The lowest BCUT2D eigenvalue weighted by Crippen LogP contribution is -2.20. The second-order valence-corrected chi connectivity index (χ2v) is 5.63. The van der Waals surface area contributed by atoms with E-state index in [2.05, 4.69) is 17.3 Å². The van der Waals surface area contributed by atoms with Gasteiger partial charge in [0, 0.05) is 24.2 Å². The maximum Gasteiger partial charge on any atom is 0.130 e. The summed E-state index contributed by atoms with van der Waals surface area (Å²) in [5, 5.41) is 8.45. The van der Waals surface area contributed by atoms with E-state index in [1.807, 2.05) is 34.9 Å². The van der Waals surface area contributed by atoms with Crippen LogP contribution in [0, 0.1) is 27.7 Å². The highest BCUT2D eigenvalue weighted by atomic mass is 35.5. The lowest BCUT2D eigenvalue weighted by Gasteiger charge is -2.17. The fourth-order valence-corrected chi connectivity index (χ4v) is 3.03. The van der Waals surface area contributed by atoms with Crippen molar-refractivity contribution in [2.75, 3.05) is 7.05 Å². The number of aromatic nitrogens is 2. The standard InChI is InChI=1S/C15H22ClN3O/c1-8-10(3)20-11(4)14(8)13(17-5)7-12-9(2)18-19(6)15(12)16/h13,17H,7H2,1-6H3. The minimum Gasteiger partial charge on any atom is -0.466 e. The van der Waals surface area contributed by atoms with Crippen LogP contribution in [-0.2, 0) is 13.5 Å². The van der Waals surface area contributed by atoms with Gasteiger partial charge in [0.2, 0.25) is 0 Å². The number of hydrogen-bond acceptors (Lipinski definition) is 3. The minimum absolute atomic E-state index is 0.174. The van der Waals surface area contributed by atoms with Gasteiger partial charge in [-0.25, -0.2) is 0 Å². The van der Waals surface area contributed by atoms with E-state index >= 15 is 0 Å². The lowest BCUT2D eigenvalue weighted by atomic mass is 9.96. The molecule has 110 valence electrons. The molecule has 2 rings (SSSR count). The molecule has 5 heteroatoms. The summed E-state index contributed by atoms with van der Waals surface area (Å²) in [5.74, 6) is 1.95. The van der Waals surface area contributed by atoms with E-state index in [9.17, 15) is 0 Å². The van der Waals surface area contributed by atoms with Crippen LogP contribution in [0.4, 0.5) is 0 Å². The van der Waals surface area contributed by atoms with Crippen molar-refractivity contribution in [2.45, 2.75) is 40.2 Å². The molecule has 1 N–H and O–H groups in total. The first-order chi connectivity index (χ1) is 9.36. The van der Waals surface area contributed by atoms with Crippen molar-refractivity contribution in [3.05, 3.63) is 39.1 Å². The molecule has 0 saturated carbocycles. The third-order valence-electron chi connectivity index (χ3n) is 3.99. The number of hydrogen-bond donors (Lipinski definition) is 1. The highest BCUT2D eigenvalue weighted by molar-refractivity contribution is 6.30. The highest BCUT2D eigenvalue weighted by Gasteiger charge is 2.23. The van der Waals surface area contributed by atoms with Gasteiger partial charge in [0.25, 0.3) is 0 Å². The van der Waals surface area contributed by atoms with Crippen LogP contribution in [0.1, 0.15) is 39.9 Å². The molecule has 0 spiro atoms. The van der Waals surface area contributed by atoms with Crippen LogP contribution in [-0.4, -0.2) is 16.8 Å². The van der Waals surface area contributed by atoms with Gasteiger partial charge < -0.3 is 9.73 Å². The molecule has 0 radical (unpaired) electrons. The average molecular weight is 296 g/mol. The van der Waals surface area contributed by atoms with Crippen LogP contribution in [0.15, 0.2) is 4.42 Å². The largest absolute Gasteiger partial charge is 0.466 e. The van der Waals surface area contributed by atoms with Crippen molar-refractivity contribution < 1.29 is 4.42 Å². The van der Waals surface area contributed by atoms with Gasteiger partial charge >= 0.3 is 0 Å². The number of nitrogens with one attached hydrogen (secondary N) is 1. The molecule has 20 heavy (non-hydrogen) atoms. The molecule has 0 aliphatic rings. The molecular formula is C15H22ClN3O. The molecule has 2 aromatic rings. The van der Waals surface area contributed by atoms with E-state index in [0.717, 1.165) is 29.2 Å². The van der Waals surface area contributed by atoms with Crippen LogP contribution in [0.25, 0.3) is 0 Å². The highest BCUT2D eigenvalue weighted by Crippen LogP contribution is 2.31. The zero-order valence-corrected chi connectivity index (χ0v) is 13.7. The van der Waals surface area contributed by atoms with E-state index in [1.54, 1.807) is 4.68 Å². The maximum absolute atomic E-state index is 6.34. The predicted molar refractivity (Wildman–Crippen MR) is 81.4 cm³/mol. The summed E-state index contributed by atoms with van der Waals surface area (Å²) in [7, 11) is 3.83. The Morgan fingerprint density at radius 1 is 1.25 bits per heavy atom. The SMILES string of the molecule is CNC(Cc1c(C)nn(C)c1Cl)c1c(C)oc(C)c1C. The van der Waals surface area contributed by atoms with Gasteiger partial charge in [-0.15, -0.1) is 0 Å². The third-order valence-corrected chi connectivity index (χ3v) is 4.47. The Morgan fingerprint density at radius 3 is 2.30 bits per heavy atom. The molecule has 2 aromatic heterocycles. The molecule has 0 aliphatic carbocycles. The van der Waals surface area contributed by atoms with E-state index in [1.165, 1.54) is 11.1 Å². The molecule has 0 amide bonds. The molecule has 0 saturated heterocycles. The van der Waals surface area contributed by atoms with E-state index in [4.69, 9.17) is 16.0 Å². The van der Waals surface area contributed by atoms with Crippen molar-refractivity contribution in [3.8, 4) is 0 Å². The van der Waals surface area contributed by atoms with Crippen molar-refractivity contribution in [1.29, 1.82) is 0 Å². The van der Waals surface area contributed by atoms with Crippen molar-refractivity contribution >= 4 is 11.6 Å². The van der Waals surface area contributed by atoms with Crippen LogP contribution in [0.5, 0.6) is 0 Å². The van der Waals surface area contributed by atoms with E-state index < -0.39 is 0 Å². The normalized spacial score (nSPS) is 12.9. The van der Waals surface area contributed by atoms with E-state index in [0.29, 0.717) is 5.15 Å². The quantitative estimate of drug-likeness (QED) is 0.940. The average Bonchev–Trinajstić information content (AvgIpc) is 2.77. The van der Waals surface area contributed by atoms with Gasteiger partial charge in [0.1, 0.15) is 16.7 Å². The fraction of sp³-hybridized carbons (Fsp3) is 0.533. The van der Waals surface area contributed by atoms with Crippen LogP contribution in [0.3, 0.4) is 0 Å². The number of halogens is 1. The zero-order valence-electron chi connectivity index (χ0n) is 13.0. The number of aryl methyl sites for hydroxylation is 4. The lowest BCUT2D eigenvalue weighted by molar-refractivity contribution is 0.489. The molecule has 1 unspecified atom stereocenters. The number of nitrogens with zero attached hydrogens (tertiary/aromatic N) is 2. The maximum atomic E-state index is 6.34. The molecular weight excluding hydrogens is 274 g/mol. The first-order valence-corrected chi connectivity index (χ1v) is 7.16. The number of furan rings is 1.